The number of aliphatic hydroxyl groups excluding tert-OH is 1. The molecule has 36 heteroatoms. The van der Waals surface area contributed by atoms with Crippen molar-refractivity contribution in [2.45, 2.75) is 303 Å². The number of nitrogens with two attached hydrogens (primary N) is 2. The van der Waals surface area contributed by atoms with E-state index in [2.05, 4.69) is 82.6 Å². The third-order valence-corrected chi connectivity index (χ3v) is 23.8. The molecule has 8 aromatic rings. The van der Waals surface area contributed by atoms with E-state index < -0.39 is 130 Å². The summed E-state index contributed by atoms with van der Waals surface area (Å²) in [6, 6.07) is 49.0. The summed E-state index contributed by atoms with van der Waals surface area (Å²) in [5.41, 5.74) is 12.2. The standard InChI is InChI=1S/C61H68N2O15.C27H35N7O4.C6H6.C5H13N.C5H12.4CH2O.4CH4.2H3N.H2O/c1-34-45(75-56(71)49(43(39-20-14-11-15-21-39)30-44(66)40-22-16-12-17-23-40)76-54(69)42-28-26-38(27-29-42)35(2)62-63-57(5,6)7)32-61(72)53(77-55(70)41-24-18-13-19-25-41)51-59(10,46(67)31-47-60(51,33-73-47)78-37(4)65)52(68)50(74-36(3)64)48(34)58(61,8)9;1-4-5-6-13-29-22(35)12-11-21(26(37)38)33-25(36)19-9-7-18(8-10-19)16(2)14-20-15-30-24-23(32-20)17(3)31-27(28)34-24;1-2-4-6-5-3-1;1-2-3-4-5-6;1-5(2,3)4;4*1-2;;;;;;;/h11-29,43,45-47,49-51,53,63,67,72H,30-33H2,1-10H3;7-10,15-16,21H,4-6,11-14H2,1-3H3,(H,29,35)(H,33,36)(H,37,38)(H2,28,30,31,34);1-6H;2-6H2,1H3;1-4H3;4*1H2;4*1H4;2*1H3;1H2/b62-35+;;;;;;;;;;;;;;;/t43-,45-,46-,47?,49+,50+,51?,53-,59+,60-,61+;;;;;;;;;;;;;;;/m1.............../s1. The number of hydrogen-bond donors (Lipinski definition) is 10. The van der Waals surface area contributed by atoms with E-state index in [-0.39, 0.29) is 131 Å². The van der Waals surface area contributed by atoms with E-state index in [0.29, 0.717) is 63.2 Å². The average molecular weight is 2060 g/mol. The number of carboxylic acids is 1. The Morgan fingerprint density at radius 2 is 1.13 bits per heavy atom. The lowest BCUT2D eigenvalue weighted by atomic mass is 9.44. The number of aliphatic carboxylic acids is 1. The van der Waals surface area contributed by atoms with Crippen molar-refractivity contribution >= 4 is 109 Å². The number of aliphatic hydroxyl groups is 2. The van der Waals surface area contributed by atoms with E-state index in [0.717, 1.165) is 50.9 Å². The van der Waals surface area contributed by atoms with Crippen LogP contribution in [0.15, 0.2) is 198 Å². The molecule has 4 unspecified atom stereocenters. The molecule has 36 nitrogen and oxygen atoms in total. The smallest absolute Gasteiger partial charge is 0.348 e. The molecule has 2 bridgehead atoms. The number of rotatable bonds is 31. The molecular formula is C112H166N12O24. The maximum absolute atomic E-state index is 15.9. The van der Waals surface area contributed by atoms with Gasteiger partial charge in [0.25, 0.3) is 5.91 Å². The number of fused-ring (bicyclic) bond motifs is 6. The number of carboxylic acid groups (broad SMARTS) is 1. The Balaban J connectivity index is -0.00000123. The fourth-order valence-electron chi connectivity index (χ4n) is 16.7. The molecule has 3 fully saturated rings. The van der Waals surface area contributed by atoms with Crippen LogP contribution in [0.2, 0.25) is 0 Å². The summed E-state index contributed by atoms with van der Waals surface area (Å²) in [6.07, 6.45) is -2.02. The number of unbranched alkanes of at least 4 members (excludes halogenated alkanes) is 4. The fourth-order valence-corrected chi connectivity index (χ4v) is 16.7. The lowest BCUT2D eigenvalue weighted by Gasteiger charge is -2.67. The van der Waals surface area contributed by atoms with Crippen LogP contribution < -0.4 is 39.8 Å². The molecule has 18 N–H and O–H groups in total. The van der Waals surface area contributed by atoms with Gasteiger partial charge in [0, 0.05) is 74.1 Å². The normalized spacial score (nSPS) is 19.2. The van der Waals surface area contributed by atoms with Crippen molar-refractivity contribution in [3.05, 3.63) is 244 Å². The van der Waals surface area contributed by atoms with Crippen molar-refractivity contribution in [3.63, 3.8) is 0 Å². The Morgan fingerprint density at radius 1 is 0.635 bits per heavy atom. The summed E-state index contributed by atoms with van der Waals surface area (Å²) in [4.78, 5) is 187. The van der Waals surface area contributed by atoms with E-state index in [1.165, 1.54) is 57.4 Å². The van der Waals surface area contributed by atoms with Gasteiger partial charge >= 0.3 is 35.8 Å². The number of aryl methyl sites for hydroxylation is 1. The number of carbonyl (C=O) groups excluding carboxylic acids is 13. The lowest BCUT2D eigenvalue weighted by Crippen LogP contribution is -2.82. The van der Waals surface area contributed by atoms with Gasteiger partial charge in [-0.3, -0.25) is 28.8 Å². The monoisotopic (exact) mass is 2060 g/mol. The fraction of sp³-hybridized carbons (Fsp3) is 0.473. The lowest BCUT2D eigenvalue weighted by molar-refractivity contribution is -0.346. The minimum absolute atomic E-state index is 0. The Labute approximate surface area is 874 Å². The summed E-state index contributed by atoms with van der Waals surface area (Å²) in [5, 5.41) is 45.6. The van der Waals surface area contributed by atoms with E-state index >= 15 is 9.59 Å². The molecule has 2 amide bonds. The number of amides is 2. The molecule has 148 heavy (non-hydrogen) atoms. The van der Waals surface area contributed by atoms with Crippen molar-refractivity contribution in [3.8, 4) is 0 Å². The molecular weight excluding hydrogens is 1900 g/mol. The van der Waals surface area contributed by atoms with Crippen molar-refractivity contribution in [2.75, 3.05) is 25.4 Å². The second-order valence-electron chi connectivity index (χ2n) is 37.7. The van der Waals surface area contributed by atoms with Crippen LogP contribution >= 0.6 is 0 Å². The second kappa shape index (κ2) is 67.2. The molecule has 1 aliphatic heterocycles. The van der Waals surface area contributed by atoms with E-state index in [1.807, 2.05) is 110 Å². The first kappa shape index (κ1) is 141. The van der Waals surface area contributed by atoms with Gasteiger partial charge in [-0.25, -0.2) is 34.1 Å². The minimum Gasteiger partial charge on any atom is -0.480 e. The van der Waals surface area contributed by atoms with E-state index in [9.17, 15) is 53.7 Å². The SMILES string of the molecule is C.C.C.C.C=O.C=O.C=O.C=O.CC(=O)O[C@@H]1C(=O)[C@]2(C)C([C@@H](OC(=O)c3ccccc3)[C@@]3(O)C[C@@H](OC(=O)[C@@H](OC(=O)c4ccc(/C(C)=N/NC(C)(C)C)cc4)[C@H](CC(=O)c4ccccc4)c4ccccc4)C(C)=C1C3(C)C)[C@@]1(OC(C)=O)COC1C[C@H]2O.CC(C)(C)C.CCCCCN.CCCCCNC(=O)CCC(NC(=O)c1ccc(C(C)Cc2cnc3nc(N)nc(C)c3n2)cc1)C(=O)O.N.N.O.c1ccccc1. The number of nitrogens with zero attached hydrogens (tertiary/aromatic N) is 5. The quantitative estimate of drug-likeness (QED) is 0.00367. The first-order valence-corrected chi connectivity index (χ1v) is 46.7. The van der Waals surface area contributed by atoms with Crippen LogP contribution in [0.4, 0.5) is 5.95 Å². The third kappa shape index (κ3) is 39.5. The highest BCUT2D eigenvalue weighted by molar-refractivity contribution is 6.01. The first-order chi connectivity index (χ1) is 66.8. The summed E-state index contributed by atoms with van der Waals surface area (Å²) in [6.45, 7) is 41.9. The predicted octanol–water partition coefficient (Wildman–Crippen LogP) is 16.7. The van der Waals surface area contributed by atoms with Crippen LogP contribution in [-0.4, -0.2) is 212 Å². The number of nitrogens with one attached hydrogen (secondary N) is 3. The van der Waals surface area contributed by atoms with Gasteiger partial charge in [-0.05, 0) is 156 Å². The minimum atomic E-state index is -2.47. The van der Waals surface area contributed by atoms with E-state index in [4.69, 9.17) is 59.1 Å². The van der Waals surface area contributed by atoms with Crippen LogP contribution in [-0.2, 0) is 82.8 Å². The van der Waals surface area contributed by atoms with Gasteiger partial charge in [-0.2, -0.15) is 10.1 Å². The number of carbonyl (C=O) groups is 14. The van der Waals surface area contributed by atoms with Crippen LogP contribution in [0.5, 0.6) is 0 Å². The van der Waals surface area contributed by atoms with Crippen molar-refractivity contribution in [1.82, 2.24) is 48.3 Å². The number of ether oxygens (including phenoxy) is 6. The zero-order valence-corrected chi connectivity index (χ0v) is 86.3. The Bertz CT molecular complexity index is 5400. The molecule has 3 aliphatic carbocycles. The van der Waals surface area contributed by atoms with E-state index in [1.54, 1.807) is 130 Å². The molecule has 2 saturated carbocycles. The summed E-state index contributed by atoms with van der Waals surface area (Å²) < 4.78 is 37.4. The number of anilines is 1. The Morgan fingerprint density at radius 3 is 1.61 bits per heavy atom. The Kier molecular flexibility index (Phi) is 63.8. The maximum atomic E-state index is 15.9. The Hall–Kier alpha value is -13.8. The number of aromatic nitrogens is 4. The highest BCUT2D eigenvalue weighted by atomic mass is 16.6. The molecule has 0 spiro atoms. The zero-order chi connectivity index (χ0) is 106. The third-order valence-electron chi connectivity index (χ3n) is 23.8. The summed E-state index contributed by atoms with van der Waals surface area (Å²) in [5.74, 6) is -10.5. The van der Waals surface area contributed by atoms with Crippen LogP contribution in [0.3, 0.4) is 0 Å². The first-order valence-electron chi connectivity index (χ1n) is 46.7. The van der Waals surface area contributed by atoms with Gasteiger partial charge in [-0.15, -0.1) is 0 Å². The molecule has 818 valence electrons. The molecule has 2 aromatic heterocycles. The summed E-state index contributed by atoms with van der Waals surface area (Å²) in [7, 11) is 0. The number of hydrogen-bond acceptors (Lipinski definition) is 32. The number of nitrogen functional groups attached to an aromatic ring is 1. The molecule has 0 radical (unpaired) electrons. The molecule has 6 aromatic carbocycles. The van der Waals surface area contributed by atoms with Gasteiger partial charge in [-0.1, -0.05) is 257 Å². The van der Waals surface area contributed by atoms with Crippen molar-refractivity contribution in [2.24, 2.45) is 33.0 Å². The number of ketones is 2. The van der Waals surface area contributed by atoms with Gasteiger partial charge in [0.05, 0.1) is 58.5 Å². The van der Waals surface area contributed by atoms with Gasteiger partial charge < -0.3 is 108 Å². The van der Waals surface area contributed by atoms with Gasteiger partial charge in [0.15, 0.2) is 28.9 Å². The van der Waals surface area contributed by atoms with Crippen LogP contribution in [0, 0.1) is 29.1 Å². The van der Waals surface area contributed by atoms with Gasteiger partial charge in [0.1, 0.15) is 62.6 Å². The molecule has 4 aliphatic rings. The molecule has 13 atom stereocenters. The number of esters is 5. The topological polar surface area (TPSA) is 609 Å². The molecule has 3 heterocycles. The van der Waals surface area contributed by atoms with Crippen LogP contribution in [0.1, 0.15) is 299 Å². The zero-order valence-electron chi connectivity index (χ0n) is 86.3. The highest BCUT2D eigenvalue weighted by Crippen LogP contribution is 2.65. The average Bonchev–Trinajstić information content (AvgIpc) is 0.666. The largest absolute Gasteiger partial charge is 0.480 e. The predicted molar refractivity (Wildman–Crippen MR) is 577 cm³/mol. The van der Waals surface area contributed by atoms with Gasteiger partial charge in [0.2, 0.25) is 18.0 Å². The van der Waals surface area contributed by atoms with Crippen molar-refractivity contribution in [1.29, 1.82) is 0 Å². The molecule has 1 saturated heterocycles. The number of benzene rings is 6. The highest BCUT2D eigenvalue weighted by Gasteiger charge is 2.78. The molecule has 12 rings (SSSR count). The number of Topliss-reactive ketones (excluding diaryl/α,β-unsaturated/α-hetero) is 2. The summed E-state index contributed by atoms with van der Waals surface area (Å²) >= 11 is 0. The number of hydrazone groups is 1. The maximum Gasteiger partial charge on any atom is 0.348 e. The van der Waals surface area contributed by atoms with Crippen LogP contribution in [0.25, 0.3) is 11.2 Å². The second-order valence-corrected chi connectivity index (χ2v) is 37.7. The van der Waals surface area contributed by atoms with Crippen molar-refractivity contribution < 1.29 is 116 Å².